The van der Waals surface area contributed by atoms with Gasteiger partial charge < -0.3 is 9.67 Å². The monoisotopic (exact) mass is 293 g/mol. The topological polar surface area (TPSA) is 68.8 Å². The van der Waals surface area contributed by atoms with Gasteiger partial charge in [0.1, 0.15) is 6.10 Å². The number of rotatable bonds is 1. The average Bonchev–Trinajstić information content (AvgIpc) is 3.23. The molecule has 0 saturated carbocycles. The number of benzene rings is 1. The van der Waals surface area contributed by atoms with Crippen molar-refractivity contribution in [3.8, 4) is 11.3 Å². The Kier molecular flexibility index (Phi) is 2.35. The Hall–Kier alpha value is -2.47. The second-order valence-corrected chi connectivity index (χ2v) is 6.00. The van der Waals surface area contributed by atoms with Gasteiger partial charge in [-0.05, 0) is 12.0 Å². The summed E-state index contributed by atoms with van der Waals surface area (Å²) < 4.78 is 3.99. The molecule has 110 valence electrons. The smallest absolute Gasteiger partial charge is 0.102 e. The molecule has 2 aliphatic heterocycles. The van der Waals surface area contributed by atoms with E-state index in [9.17, 15) is 5.11 Å². The molecular formula is C16H15N5O. The number of imidazole rings is 1. The third-order valence-electron chi connectivity index (χ3n) is 4.96. The predicted octanol–water partition coefficient (Wildman–Crippen LogP) is 1.80. The lowest BCUT2D eigenvalue weighted by Crippen LogP contribution is -2.31. The van der Waals surface area contributed by atoms with E-state index in [0.29, 0.717) is 0 Å². The highest BCUT2D eigenvalue weighted by molar-refractivity contribution is 5.69. The highest BCUT2D eigenvalue weighted by Gasteiger charge is 2.41. The summed E-state index contributed by atoms with van der Waals surface area (Å²) in [6.07, 6.45) is 5.76. The first-order chi connectivity index (χ1) is 10.8. The Morgan fingerprint density at radius 3 is 3.05 bits per heavy atom. The van der Waals surface area contributed by atoms with Gasteiger partial charge in [0, 0.05) is 18.0 Å². The maximum absolute atomic E-state index is 10.8. The van der Waals surface area contributed by atoms with Crippen LogP contribution in [-0.4, -0.2) is 29.7 Å². The van der Waals surface area contributed by atoms with Crippen molar-refractivity contribution in [1.29, 1.82) is 0 Å². The molecule has 2 aliphatic rings. The molecule has 0 fully saturated rings. The largest absolute Gasteiger partial charge is 0.386 e. The zero-order valence-electron chi connectivity index (χ0n) is 11.9. The summed E-state index contributed by atoms with van der Waals surface area (Å²) in [4.78, 5) is 4.30. The molecule has 1 N–H and O–H groups in total. The highest BCUT2D eigenvalue weighted by atomic mass is 16.3. The first-order valence-electron chi connectivity index (χ1n) is 7.52. The molecule has 0 spiro atoms. The zero-order valence-corrected chi connectivity index (χ0v) is 11.9. The second kappa shape index (κ2) is 4.27. The molecule has 6 nitrogen and oxygen atoms in total. The molecule has 0 saturated heterocycles. The average molecular weight is 293 g/mol. The molecular weight excluding hydrogens is 278 g/mol. The lowest BCUT2D eigenvalue weighted by Gasteiger charge is -2.33. The number of aliphatic hydroxyl groups excluding tert-OH is 1. The summed E-state index contributed by atoms with van der Waals surface area (Å²) in [6, 6.07) is 8.52. The van der Waals surface area contributed by atoms with Crippen molar-refractivity contribution >= 4 is 0 Å². The summed E-state index contributed by atoms with van der Waals surface area (Å²) in [5, 5.41) is 18.8. The van der Waals surface area contributed by atoms with Crippen molar-refractivity contribution in [2.75, 3.05) is 0 Å². The van der Waals surface area contributed by atoms with Crippen LogP contribution in [0.15, 0.2) is 43.0 Å². The van der Waals surface area contributed by atoms with Gasteiger partial charge in [-0.3, -0.25) is 0 Å². The molecule has 0 amide bonds. The number of hydrogen-bond donors (Lipinski definition) is 1. The van der Waals surface area contributed by atoms with Crippen LogP contribution in [0, 0.1) is 5.92 Å². The van der Waals surface area contributed by atoms with E-state index in [0.717, 1.165) is 24.4 Å². The molecule has 4 heterocycles. The van der Waals surface area contributed by atoms with Gasteiger partial charge in [-0.1, -0.05) is 29.5 Å². The van der Waals surface area contributed by atoms with Crippen LogP contribution in [-0.2, 0) is 6.54 Å². The number of hydrogen-bond acceptors (Lipinski definition) is 4. The minimum absolute atomic E-state index is 0.0996. The van der Waals surface area contributed by atoms with E-state index in [1.165, 1.54) is 11.1 Å². The van der Waals surface area contributed by atoms with Crippen molar-refractivity contribution in [3.63, 3.8) is 0 Å². The molecule has 0 aliphatic carbocycles. The summed E-state index contributed by atoms with van der Waals surface area (Å²) in [5.41, 5.74) is 4.42. The Labute approximate surface area is 127 Å². The van der Waals surface area contributed by atoms with Gasteiger partial charge in [0.2, 0.25) is 0 Å². The number of fused-ring (bicyclic) bond motifs is 4. The van der Waals surface area contributed by atoms with Gasteiger partial charge in [0.05, 0.1) is 36.2 Å². The third-order valence-corrected chi connectivity index (χ3v) is 4.96. The van der Waals surface area contributed by atoms with Crippen LogP contribution >= 0.6 is 0 Å². The van der Waals surface area contributed by atoms with Crippen LogP contribution in [0.25, 0.3) is 11.3 Å². The van der Waals surface area contributed by atoms with Gasteiger partial charge in [-0.25, -0.2) is 9.67 Å². The van der Waals surface area contributed by atoms with Crippen LogP contribution in [0.1, 0.15) is 29.8 Å². The van der Waals surface area contributed by atoms with Crippen molar-refractivity contribution in [1.82, 2.24) is 24.5 Å². The molecule has 2 aromatic heterocycles. The fraction of sp³-hybridized carbons (Fsp3) is 0.312. The van der Waals surface area contributed by atoms with Crippen molar-refractivity contribution in [2.24, 2.45) is 5.92 Å². The fourth-order valence-corrected chi connectivity index (χ4v) is 3.96. The lowest BCUT2D eigenvalue weighted by molar-refractivity contribution is 0.0524. The predicted molar refractivity (Wildman–Crippen MR) is 78.9 cm³/mol. The Morgan fingerprint density at radius 1 is 1.18 bits per heavy atom. The SMILES string of the molecule is O[C@H]1c2cnnn2CC[C@@H]1[C@@H]1c2ccccc2-c2cncn21. The Balaban J connectivity index is 1.65. The van der Waals surface area contributed by atoms with E-state index in [1.54, 1.807) is 10.9 Å². The van der Waals surface area contributed by atoms with E-state index in [1.807, 2.05) is 12.5 Å². The van der Waals surface area contributed by atoms with E-state index >= 15 is 0 Å². The van der Waals surface area contributed by atoms with E-state index in [4.69, 9.17) is 0 Å². The maximum atomic E-state index is 10.8. The number of aromatic nitrogens is 5. The minimum Gasteiger partial charge on any atom is -0.386 e. The van der Waals surface area contributed by atoms with Gasteiger partial charge >= 0.3 is 0 Å². The molecule has 3 aromatic rings. The van der Waals surface area contributed by atoms with Crippen LogP contribution in [0.3, 0.4) is 0 Å². The molecule has 6 heteroatoms. The first kappa shape index (κ1) is 12.1. The van der Waals surface area contributed by atoms with Crippen molar-refractivity contribution in [3.05, 3.63) is 54.2 Å². The van der Waals surface area contributed by atoms with Crippen LogP contribution in [0.5, 0.6) is 0 Å². The molecule has 1 aromatic carbocycles. The van der Waals surface area contributed by atoms with E-state index in [2.05, 4.69) is 44.1 Å². The third kappa shape index (κ3) is 1.45. The standard InChI is InChI=1S/C16H15N5O/c22-16-12(5-6-21-14(16)8-18-19-21)15-11-4-2-1-3-10(11)13-7-17-9-20(13)15/h1-4,7-9,12,15-16,22H,5-6H2/t12-,15+,16-/m1/s1. The Morgan fingerprint density at radius 2 is 2.09 bits per heavy atom. The van der Waals surface area contributed by atoms with Gasteiger partial charge in [0.15, 0.2) is 0 Å². The number of aliphatic hydroxyl groups is 1. The van der Waals surface area contributed by atoms with Crippen molar-refractivity contribution in [2.45, 2.75) is 25.1 Å². The summed E-state index contributed by atoms with van der Waals surface area (Å²) in [5.74, 6) is 0.0996. The van der Waals surface area contributed by atoms with Gasteiger partial charge in [0.25, 0.3) is 0 Å². The van der Waals surface area contributed by atoms with E-state index < -0.39 is 6.10 Å². The number of nitrogens with zero attached hydrogens (tertiary/aromatic N) is 5. The highest BCUT2D eigenvalue weighted by Crippen LogP contribution is 2.48. The van der Waals surface area contributed by atoms with Gasteiger partial charge in [-0.2, -0.15) is 0 Å². The van der Waals surface area contributed by atoms with Crippen molar-refractivity contribution < 1.29 is 5.11 Å². The van der Waals surface area contributed by atoms with Crippen LogP contribution < -0.4 is 0 Å². The van der Waals surface area contributed by atoms with Crippen LogP contribution in [0.2, 0.25) is 0 Å². The molecule has 0 bridgehead atoms. The second-order valence-electron chi connectivity index (χ2n) is 6.00. The minimum atomic E-state index is -0.560. The normalized spacial score (nSPS) is 25.6. The zero-order chi connectivity index (χ0) is 14.7. The molecule has 3 atom stereocenters. The maximum Gasteiger partial charge on any atom is 0.102 e. The summed E-state index contributed by atoms with van der Waals surface area (Å²) in [7, 11) is 0. The molecule has 22 heavy (non-hydrogen) atoms. The number of aryl methyl sites for hydroxylation is 1. The quantitative estimate of drug-likeness (QED) is 0.743. The molecule has 0 radical (unpaired) electrons. The first-order valence-corrected chi connectivity index (χ1v) is 7.52. The Bertz CT molecular complexity index is 852. The molecule has 0 unspecified atom stereocenters. The van der Waals surface area contributed by atoms with Crippen LogP contribution in [0.4, 0.5) is 0 Å². The van der Waals surface area contributed by atoms with Gasteiger partial charge in [-0.15, -0.1) is 5.10 Å². The van der Waals surface area contributed by atoms with E-state index in [-0.39, 0.29) is 12.0 Å². The summed E-state index contributed by atoms with van der Waals surface area (Å²) in [6.45, 7) is 0.791. The fourth-order valence-electron chi connectivity index (χ4n) is 3.96. The lowest BCUT2D eigenvalue weighted by atomic mass is 9.83. The molecule has 5 rings (SSSR count). The summed E-state index contributed by atoms with van der Waals surface area (Å²) >= 11 is 0.